The van der Waals surface area contributed by atoms with Crippen LogP contribution in [0.1, 0.15) is 29.8 Å². The fourth-order valence-electron chi connectivity index (χ4n) is 3.83. The van der Waals surface area contributed by atoms with Crippen molar-refractivity contribution in [2.75, 3.05) is 17.7 Å². The number of benzene rings is 2. The average molecular weight is 428 g/mol. The summed E-state index contributed by atoms with van der Waals surface area (Å²) in [4.78, 5) is 12.9. The highest BCUT2D eigenvalue weighted by molar-refractivity contribution is 5.90. The maximum atomic E-state index is 14.1. The van der Waals surface area contributed by atoms with Crippen molar-refractivity contribution >= 4 is 22.5 Å². The number of pyridine rings is 1. The Morgan fingerprint density at radius 2 is 1.97 bits per heavy atom. The number of nitrogens with one attached hydrogen (secondary N) is 1. The van der Waals surface area contributed by atoms with Crippen LogP contribution in [-0.4, -0.2) is 26.7 Å². The van der Waals surface area contributed by atoms with Gasteiger partial charge in [-0.25, -0.2) is 19.3 Å². The minimum Gasteiger partial charge on any atom is -0.396 e. The van der Waals surface area contributed by atoms with Gasteiger partial charge in [0, 0.05) is 17.6 Å². The lowest BCUT2D eigenvalue weighted by Crippen LogP contribution is -2.15. The number of halogens is 1. The normalized spacial score (nSPS) is 11.8. The van der Waals surface area contributed by atoms with E-state index in [1.54, 1.807) is 6.07 Å². The molecule has 4 aromatic rings. The summed E-state index contributed by atoms with van der Waals surface area (Å²) in [7, 11) is 0. The molecule has 1 unspecified atom stereocenters. The third kappa shape index (κ3) is 3.94. The number of aliphatic hydroxyl groups excluding tert-OH is 1. The van der Waals surface area contributed by atoms with Crippen molar-refractivity contribution in [1.29, 1.82) is 5.26 Å². The predicted octanol–water partition coefficient (Wildman–Crippen LogP) is 3.99. The standard InChI is InChI=1S/C24H21FN6O/c1-14(30-24-19(12-26)23(27)28-13-29-24)22-21(15-5-3-2-4-6-15)17(9-10-32)18-11-16(25)7-8-20(18)31-22/h2-8,11,13-14,32H,9-10H2,1H3,(H3,27,28,29,30). The highest BCUT2D eigenvalue weighted by Gasteiger charge is 2.22. The Morgan fingerprint density at radius 3 is 2.69 bits per heavy atom. The molecule has 1 atom stereocenters. The maximum absolute atomic E-state index is 14.1. The van der Waals surface area contributed by atoms with E-state index in [1.807, 2.05) is 43.3 Å². The molecule has 0 saturated heterocycles. The molecule has 7 nitrogen and oxygen atoms in total. The van der Waals surface area contributed by atoms with E-state index in [2.05, 4.69) is 15.3 Å². The molecule has 0 amide bonds. The zero-order valence-corrected chi connectivity index (χ0v) is 17.4. The van der Waals surface area contributed by atoms with Gasteiger partial charge in [0.25, 0.3) is 0 Å². The second-order valence-electron chi connectivity index (χ2n) is 7.31. The number of nitrogens with two attached hydrogens (primary N) is 1. The molecule has 0 aliphatic heterocycles. The van der Waals surface area contributed by atoms with Crippen molar-refractivity contribution in [3.63, 3.8) is 0 Å². The maximum Gasteiger partial charge on any atom is 0.150 e. The van der Waals surface area contributed by atoms with E-state index >= 15 is 0 Å². The third-order valence-corrected chi connectivity index (χ3v) is 5.26. The van der Waals surface area contributed by atoms with Gasteiger partial charge in [-0.05, 0) is 42.7 Å². The zero-order chi connectivity index (χ0) is 22.7. The monoisotopic (exact) mass is 428 g/mol. The first-order chi connectivity index (χ1) is 15.5. The summed E-state index contributed by atoms with van der Waals surface area (Å²) in [6.45, 7) is 1.80. The third-order valence-electron chi connectivity index (χ3n) is 5.26. The molecule has 0 aliphatic carbocycles. The number of nitriles is 1. The van der Waals surface area contributed by atoms with Gasteiger partial charge in [-0.3, -0.25) is 0 Å². The molecule has 0 spiro atoms. The number of rotatable bonds is 6. The molecule has 0 aliphatic rings. The van der Waals surface area contributed by atoms with Crippen molar-refractivity contribution in [1.82, 2.24) is 15.0 Å². The highest BCUT2D eigenvalue weighted by atomic mass is 19.1. The molecule has 2 aromatic heterocycles. The summed E-state index contributed by atoms with van der Waals surface area (Å²) < 4.78 is 14.1. The van der Waals surface area contributed by atoms with Crippen LogP contribution in [0.25, 0.3) is 22.0 Å². The molecule has 32 heavy (non-hydrogen) atoms. The number of anilines is 2. The minimum absolute atomic E-state index is 0.0865. The number of aliphatic hydroxyl groups is 1. The largest absolute Gasteiger partial charge is 0.396 e. The van der Waals surface area contributed by atoms with Gasteiger partial charge in [0.05, 0.1) is 17.3 Å². The van der Waals surface area contributed by atoms with Crippen molar-refractivity contribution < 1.29 is 9.50 Å². The average Bonchev–Trinajstić information content (AvgIpc) is 2.80. The minimum atomic E-state index is -0.390. The van der Waals surface area contributed by atoms with Gasteiger partial charge < -0.3 is 16.2 Å². The molecule has 4 N–H and O–H groups in total. The molecule has 160 valence electrons. The van der Waals surface area contributed by atoms with Gasteiger partial charge >= 0.3 is 0 Å². The SMILES string of the molecule is CC(Nc1ncnc(N)c1C#N)c1nc2ccc(F)cc2c(CCO)c1-c1ccccc1. The van der Waals surface area contributed by atoms with Crippen LogP contribution < -0.4 is 11.1 Å². The first-order valence-corrected chi connectivity index (χ1v) is 10.1. The van der Waals surface area contributed by atoms with Crippen LogP contribution in [0.2, 0.25) is 0 Å². The Hall–Kier alpha value is -4.09. The summed E-state index contributed by atoms with van der Waals surface area (Å²) in [5.74, 6) is 0.0196. The number of fused-ring (bicyclic) bond motifs is 1. The number of hydrogen-bond donors (Lipinski definition) is 3. The van der Waals surface area contributed by atoms with Gasteiger partial charge in [-0.15, -0.1) is 0 Å². The Kier molecular flexibility index (Phi) is 5.92. The molecule has 0 fully saturated rings. The highest BCUT2D eigenvalue weighted by Crippen LogP contribution is 2.37. The molecule has 0 bridgehead atoms. The van der Waals surface area contributed by atoms with Crippen LogP contribution in [-0.2, 0) is 6.42 Å². The first kappa shape index (κ1) is 21.2. The molecule has 2 heterocycles. The molecule has 2 aromatic carbocycles. The van der Waals surface area contributed by atoms with Crippen LogP contribution in [0.5, 0.6) is 0 Å². The lowest BCUT2D eigenvalue weighted by atomic mass is 9.90. The molecular weight excluding hydrogens is 407 g/mol. The van der Waals surface area contributed by atoms with E-state index in [9.17, 15) is 14.8 Å². The zero-order valence-electron chi connectivity index (χ0n) is 17.4. The first-order valence-electron chi connectivity index (χ1n) is 10.1. The predicted molar refractivity (Wildman–Crippen MR) is 121 cm³/mol. The number of aromatic nitrogens is 3. The lowest BCUT2D eigenvalue weighted by Gasteiger charge is -2.22. The van der Waals surface area contributed by atoms with E-state index in [0.717, 1.165) is 16.7 Å². The van der Waals surface area contributed by atoms with Crippen LogP contribution in [0, 0.1) is 17.1 Å². The Balaban J connectivity index is 1.95. The fourth-order valence-corrected chi connectivity index (χ4v) is 3.83. The number of hydrogen-bond acceptors (Lipinski definition) is 7. The second-order valence-corrected chi connectivity index (χ2v) is 7.31. The van der Waals surface area contributed by atoms with Crippen LogP contribution in [0.15, 0.2) is 54.9 Å². The summed E-state index contributed by atoms with van der Waals surface area (Å²) in [6, 6.07) is 15.7. The summed E-state index contributed by atoms with van der Waals surface area (Å²) in [6.07, 6.45) is 1.62. The van der Waals surface area contributed by atoms with Crippen LogP contribution in [0.4, 0.5) is 16.0 Å². The molecule has 0 radical (unpaired) electrons. The number of nitrogen functional groups attached to an aromatic ring is 1. The van der Waals surface area contributed by atoms with Gasteiger partial charge in [0.15, 0.2) is 0 Å². The van der Waals surface area contributed by atoms with Crippen molar-refractivity contribution in [2.24, 2.45) is 0 Å². The van der Waals surface area contributed by atoms with Crippen molar-refractivity contribution in [3.8, 4) is 17.2 Å². The van der Waals surface area contributed by atoms with Gasteiger partial charge in [-0.2, -0.15) is 5.26 Å². The van der Waals surface area contributed by atoms with Gasteiger partial charge in [0.2, 0.25) is 0 Å². The topological polar surface area (TPSA) is 121 Å². The van der Waals surface area contributed by atoms with Crippen molar-refractivity contribution in [3.05, 3.63) is 77.5 Å². The molecule has 0 saturated carbocycles. The van der Waals surface area contributed by atoms with Crippen molar-refractivity contribution in [2.45, 2.75) is 19.4 Å². The Morgan fingerprint density at radius 1 is 1.19 bits per heavy atom. The summed E-state index contributed by atoms with van der Waals surface area (Å²) in [5, 5.41) is 23.1. The summed E-state index contributed by atoms with van der Waals surface area (Å²) >= 11 is 0. The lowest BCUT2D eigenvalue weighted by molar-refractivity contribution is 0.300. The fraction of sp³-hybridized carbons (Fsp3) is 0.167. The number of nitrogens with zero attached hydrogens (tertiary/aromatic N) is 4. The quantitative estimate of drug-likeness (QED) is 0.424. The van der Waals surface area contributed by atoms with Gasteiger partial charge in [-0.1, -0.05) is 30.3 Å². The Labute approximate surface area is 184 Å². The van der Waals surface area contributed by atoms with Crippen LogP contribution >= 0.6 is 0 Å². The van der Waals surface area contributed by atoms with Gasteiger partial charge in [0.1, 0.15) is 35.4 Å². The van der Waals surface area contributed by atoms with E-state index in [0.29, 0.717) is 28.8 Å². The molecular formula is C24H21FN6O. The summed E-state index contributed by atoms with van der Waals surface area (Å²) in [5.41, 5.74) is 9.77. The van der Waals surface area contributed by atoms with Crippen LogP contribution in [0.3, 0.4) is 0 Å². The van der Waals surface area contributed by atoms with E-state index in [1.165, 1.54) is 18.5 Å². The second kappa shape index (κ2) is 8.96. The molecule has 4 rings (SSSR count). The smallest absolute Gasteiger partial charge is 0.150 e. The van der Waals surface area contributed by atoms with E-state index in [4.69, 9.17) is 10.7 Å². The Bertz CT molecular complexity index is 1320. The van der Waals surface area contributed by atoms with E-state index in [-0.39, 0.29) is 23.8 Å². The van der Waals surface area contributed by atoms with E-state index < -0.39 is 6.04 Å². The molecule has 8 heteroatoms.